The minimum Gasteiger partial charge on any atom is -0.490 e. The second-order valence-electron chi connectivity index (χ2n) is 5.64. The lowest BCUT2D eigenvalue weighted by Gasteiger charge is -2.12. The summed E-state index contributed by atoms with van der Waals surface area (Å²) in [4.78, 5) is 20.0. The van der Waals surface area contributed by atoms with Crippen LogP contribution in [0.15, 0.2) is 67.4 Å². The first-order chi connectivity index (χ1) is 13.6. The number of nitrogen functional groups attached to an aromatic ring is 1. The van der Waals surface area contributed by atoms with Crippen molar-refractivity contribution in [3.8, 4) is 17.4 Å². The van der Waals surface area contributed by atoms with Crippen LogP contribution in [0.25, 0.3) is 0 Å². The van der Waals surface area contributed by atoms with Crippen LogP contribution in [0, 0.1) is 0 Å². The first kappa shape index (κ1) is 18.7. The molecule has 1 aromatic heterocycles. The number of aromatic nitrogens is 2. The molecule has 0 radical (unpaired) electrons. The van der Waals surface area contributed by atoms with Crippen molar-refractivity contribution in [1.82, 2.24) is 9.97 Å². The van der Waals surface area contributed by atoms with Gasteiger partial charge in [-0.1, -0.05) is 12.6 Å². The molecule has 0 fully saturated rings. The van der Waals surface area contributed by atoms with Crippen LogP contribution in [0.5, 0.6) is 17.4 Å². The smallest absolute Gasteiger partial charge is 0.267 e. The molecule has 28 heavy (non-hydrogen) atoms. The standard InChI is InChI=1S/C20H19N5O3/c1-3-18(26)23-15-5-4-6-16(11-15)28-19-17(27-2)12-22-20(25-19)24-14-9-7-13(21)8-10-14/h3-12H,1,21H2,2H3,(H,23,26)(H,22,24,25). The lowest BCUT2D eigenvalue weighted by molar-refractivity contribution is -0.111. The number of ether oxygens (including phenoxy) is 2. The molecule has 0 saturated heterocycles. The first-order valence-electron chi connectivity index (χ1n) is 8.32. The Morgan fingerprint density at radius 3 is 2.68 bits per heavy atom. The van der Waals surface area contributed by atoms with Gasteiger partial charge in [0, 0.05) is 23.1 Å². The van der Waals surface area contributed by atoms with Gasteiger partial charge in [0.15, 0.2) is 5.75 Å². The van der Waals surface area contributed by atoms with Gasteiger partial charge in [-0.3, -0.25) is 4.79 Å². The highest BCUT2D eigenvalue weighted by Crippen LogP contribution is 2.31. The number of amides is 1. The fraction of sp³-hybridized carbons (Fsp3) is 0.0500. The number of benzene rings is 2. The van der Waals surface area contributed by atoms with E-state index in [-0.39, 0.29) is 11.8 Å². The van der Waals surface area contributed by atoms with E-state index < -0.39 is 0 Å². The molecule has 0 saturated carbocycles. The summed E-state index contributed by atoms with van der Waals surface area (Å²) in [5.41, 5.74) is 7.70. The Kier molecular flexibility index (Phi) is 5.71. The molecule has 0 aliphatic rings. The van der Waals surface area contributed by atoms with Gasteiger partial charge < -0.3 is 25.8 Å². The van der Waals surface area contributed by atoms with E-state index in [0.29, 0.717) is 28.8 Å². The molecule has 3 rings (SSSR count). The summed E-state index contributed by atoms with van der Waals surface area (Å²) in [6.45, 7) is 3.43. The van der Waals surface area contributed by atoms with Crippen LogP contribution in [0.1, 0.15) is 0 Å². The van der Waals surface area contributed by atoms with Crippen molar-refractivity contribution >= 4 is 28.9 Å². The van der Waals surface area contributed by atoms with Crippen molar-refractivity contribution in [2.45, 2.75) is 0 Å². The van der Waals surface area contributed by atoms with E-state index in [1.165, 1.54) is 19.4 Å². The average molecular weight is 377 g/mol. The summed E-state index contributed by atoms with van der Waals surface area (Å²) in [7, 11) is 1.50. The van der Waals surface area contributed by atoms with E-state index in [1.807, 2.05) is 12.1 Å². The molecule has 0 bridgehead atoms. The minimum atomic E-state index is -0.313. The van der Waals surface area contributed by atoms with E-state index >= 15 is 0 Å². The van der Waals surface area contributed by atoms with E-state index in [4.69, 9.17) is 15.2 Å². The molecule has 142 valence electrons. The van der Waals surface area contributed by atoms with Crippen LogP contribution in [-0.2, 0) is 4.79 Å². The summed E-state index contributed by atoms with van der Waals surface area (Å²) in [5, 5.41) is 5.74. The van der Waals surface area contributed by atoms with Crippen molar-refractivity contribution < 1.29 is 14.3 Å². The molecule has 1 amide bonds. The predicted octanol–water partition coefficient (Wildman–Crippen LogP) is 3.73. The fourth-order valence-corrected chi connectivity index (χ4v) is 2.27. The largest absolute Gasteiger partial charge is 0.490 e. The third kappa shape index (κ3) is 4.76. The second kappa shape index (κ2) is 8.54. The third-order valence-electron chi connectivity index (χ3n) is 3.61. The molecular weight excluding hydrogens is 358 g/mol. The van der Waals surface area contributed by atoms with Crippen LogP contribution in [0.3, 0.4) is 0 Å². The van der Waals surface area contributed by atoms with E-state index in [1.54, 1.807) is 36.4 Å². The Bertz CT molecular complexity index is 989. The number of hydrogen-bond donors (Lipinski definition) is 3. The molecule has 1 heterocycles. The number of nitrogens with one attached hydrogen (secondary N) is 2. The molecule has 0 spiro atoms. The maximum absolute atomic E-state index is 11.5. The summed E-state index contributed by atoms with van der Waals surface area (Å²) >= 11 is 0. The number of nitrogens with two attached hydrogens (primary N) is 1. The monoisotopic (exact) mass is 377 g/mol. The van der Waals surface area contributed by atoms with E-state index in [0.717, 1.165) is 5.69 Å². The molecule has 8 nitrogen and oxygen atoms in total. The maximum Gasteiger partial charge on any atom is 0.267 e. The number of carbonyl (C=O) groups excluding carboxylic acids is 1. The SMILES string of the molecule is C=CC(=O)Nc1cccc(Oc2nc(Nc3ccc(N)cc3)ncc2OC)c1. The lowest BCUT2D eigenvalue weighted by Crippen LogP contribution is -2.07. The summed E-state index contributed by atoms with van der Waals surface area (Å²) in [5.74, 6) is 1.08. The Labute approximate surface area is 162 Å². The molecule has 0 atom stereocenters. The fourth-order valence-electron chi connectivity index (χ4n) is 2.27. The van der Waals surface area contributed by atoms with E-state index in [2.05, 4.69) is 27.2 Å². The van der Waals surface area contributed by atoms with Gasteiger partial charge in [-0.25, -0.2) is 4.98 Å². The van der Waals surface area contributed by atoms with Gasteiger partial charge in [0.1, 0.15) is 5.75 Å². The Balaban J connectivity index is 1.82. The van der Waals surface area contributed by atoms with Crippen molar-refractivity contribution in [2.75, 3.05) is 23.5 Å². The zero-order valence-electron chi connectivity index (χ0n) is 15.2. The highest BCUT2D eigenvalue weighted by Gasteiger charge is 2.11. The molecule has 2 aromatic carbocycles. The topological polar surface area (TPSA) is 111 Å². The van der Waals surface area contributed by atoms with Gasteiger partial charge in [0.2, 0.25) is 11.9 Å². The van der Waals surface area contributed by atoms with Gasteiger partial charge in [0.05, 0.1) is 13.3 Å². The van der Waals surface area contributed by atoms with Crippen LogP contribution in [0.4, 0.5) is 23.0 Å². The molecule has 0 aliphatic heterocycles. The van der Waals surface area contributed by atoms with Crippen molar-refractivity contribution in [2.24, 2.45) is 0 Å². The highest BCUT2D eigenvalue weighted by atomic mass is 16.5. The van der Waals surface area contributed by atoms with Gasteiger partial charge in [-0.05, 0) is 42.5 Å². The van der Waals surface area contributed by atoms with Crippen LogP contribution in [0.2, 0.25) is 0 Å². The van der Waals surface area contributed by atoms with Crippen LogP contribution >= 0.6 is 0 Å². The van der Waals surface area contributed by atoms with Gasteiger partial charge >= 0.3 is 0 Å². The quantitative estimate of drug-likeness (QED) is 0.425. The number of methoxy groups -OCH3 is 1. The number of nitrogens with zero attached hydrogens (tertiary/aromatic N) is 2. The minimum absolute atomic E-state index is 0.225. The molecular formula is C20H19N5O3. The molecule has 0 unspecified atom stereocenters. The number of anilines is 4. The summed E-state index contributed by atoms with van der Waals surface area (Å²) < 4.78 is 11.1. The first-order valence-corrected chi connectivity index (χ1v) is 8.32. The summed E-state index contributed by atoms with van der Waals surface area (Å²) in [6.07, 6.45) is 2.70. The average Bonchev–Trinajstić information content (AvgIpc) is 2.70. The zero-order chi connectivity index (χ0) is 19.9. The number of hydrogen-bond acceptors (Lipinski definition) is 7. The number of carbonyl (C=O) groups is 1. The molecule has 8 heteroatoms. The van der Waals surface area contributed by atoms with Crippen LogP contribution < -0.4 is 25.8 Å². The van der Waals surface area contributed by atoms with Gasteiger partial charge in [-0.2, -0.15) is 4.98 Å². The third-order valence-corrected chi connectivity index (χ3v) is 3.61. The Morgan fingerprint density at radius 1 is 1.18 bits per heavy atom. The summed E-state index contributed by atoms with van der Waals surface area (Å²) in [6, 6.07) is 14.0. The lowest BCUT2D eigenvalue weighted by atomic mass is 10.3. The van der Waals surface area contributed by atoms with Gasteiger partial charge in [-0.15, -0.1) is 0 Å². The normalized spacial score (nSPS) is 10.0. The highest BCUT2D eigenvalue weighted by molar-refractivity contribution is 5.98. The zero-order valence-corrected chi connectivity index (χ0v) is 15.2. The number of rotatable bonds is 7. The Hall–Kier alpha value is -4.07. The molecule has 4 N–H and O–H groups in total. The second-order valence-corrected chi connectivity index (χ2v) is 5.64. The van der Waals surface area contributed by atoms with Crippen molar-refractivity contribution in [3.05, 3.63) is 67.4 Å². The van der Waals surface area contributed by atoms with Crippen molar-refractivity contribution in [3.63, 3.8) is 0 Å². The van der Waals surface area contributed by atoms with Crippen LogP contribution in [-0.4, -0.2) is 23.0 Å². The van der Waals surface area contributed by atoms with Crippen molar-refractivity contribution in [1.29, 1.82) is 0 Å². The predicted molar refractivity (Wildman–Crippen MR) is 108 cm³/mol. The van der Waals surface area contributed by atoms with E-state index in [9.17, 15) is 4.79 Å². The van der Waals surface area contributed by atoms with Gasteiger partial charge in [0.25, 0.3) is 5.88 Å². The maximum atomic E-state index is 11.5. The Morgan fingerprint density at radius 2 is 1.96 bits per heavy atom. The molecule has 0 aliphatic carbocycles. The molecule has 3 aromatic rings.